The van der Waals surface area contributed by atoms with E-state index in [1.807, 2.05) is 6.92 Å². The Bertz CT molecular complexity index is 95.0. The zero-order valence-electron chi connectivity index (χ0n) is 5.54. The number of hydrazine groups is 2. The molecule has 1 unspecified atom stereocenters. The summed E-state index contributed by atoms with van der Waals surface area (Å²) < 4.78 is 0. The van der Waals surface area contributed by atoms with Crippen LogP contribution in [-0.4, -0.2) is 29.5 Å². The van der Waals surface area contributed by atoms with Crippen molar-refractivity contribution in [1.29, 1.82) is 0 Å². The quantitative estimate of drug-likeness (QED) is 0.338. The van der Waals surface area contributed by atoms with E-state index >= 15 is 0 Å². The van der Waals surface area contributed by atoms with E-state index in [0.29, 0.717) is 13.3 Å². The Labute approximate surface area is 54.5 Å². The van der Waals surface area contributed by atoms with Gasteiger partial charge >= 0.3 is 0 Å². The van der Waals surface area contributed by atoms with Crippen molar-refractivity contribution in [3.8, 4) is 0 Å². The third kappa shape index (κ3) is 1.60. The van der Waals surface area contributed by atoms with Gasteiger partial charge in [0.2, 0.25) is 0 Å². The average molecular weight is 131 g/mol. The van der Waals surface area contributed by atoms with Crippen LogP contribution in [0.4, 0.5) is 0 Å². The molecule has 54 valence electrons. The average Bonchev–Trinajstić information content (AvgIpc) is 1.80. The molecule has 0 amide bonds. The van der Waals surface area contributed by atoms with E-state index in [-0.39, 0.29) is 6.17 Å². The maximum Gasteiger partial charge on any atom is 0.0809 e. The molecule has 5 heteroatoms. The Morgan fingerprint density at radius 1 is 1.56 bits per heavy atom. The lowest BCUT2D eigenvalue weighted by Crippen LogP contribution is -2.62. The number of nitrogens with two attached hydrogens (primary N) is 2. The molecule has 0 radical (unpaired) electrons. The molecule has 1 aliphatic heterocycles. The third-order valence-electron chi connectivity index (χ3n) is 1.43. The highest BCUT2D eigenvalue weighted by Crippen LogP contribution is 1.93. The van der Waals surface area contributed by atoms with E-state index in [0.717, 1.165) is 0 Å². The summed E-state index contributed by atoms with van der Waals surface area (Å²) >= 11 is 0. The standard InChI is InChI=1S/C4H13N5/c1-4-7-2-8(5)3-9(4)6/h4,7H,2-3,5-6H2,1H3. The first kappa shape index (κ1) is 6.91. The van der Waals surface area contributed by atoms with Gasteiger partial charge in [-0.15, -0.1) is 0 Å². The van der Waals surface area contributed by atoms with Crippen LogP contribution in [0, 0.1) is 0 Å². The maximum atomic E-state index is 5.52. The maximum absolute atomic E-state index is 5.52. The molecule has 1 saturated heterocycles. The van der Waals surface area contributed by atoms with E-state index in [2.05, 4.69) is 5.32 Å². The van der Waals surface area contributed by atoms with Crippen LogP contribution in [0.1, 0.15) is 6.92 Å². The number of nitrogens with one attached hydrogen (secondary N) is 1. The summed E-state index contributed by atoms with van der Waals surface area (Å²) in [5.74, 6) is 11.0. The molecule has 5 nitrogen and oxygen atoms in total. The number of nitrogens with zero attached hydrogens (tertiary/aromatic N) is 2. The largest absolute Gasteiger partial charge is 0.287 e. The Balaban J connectivity index is 2.35. The van der Waals surface area contributed by atoms with Crippen molar-refractivity contribution < 1.29 is 0 Å². The van der Waals surface area contributed by atoms with Gasteiger partial charge < -0.3 is 0 Å². The molecule has 1 rings (SSSR count). The molecule has 0 aromatic heterocycles. The van der Waals surface area contributed by atoms with Gasteiger partial charge in [0, 0.05) is 0 Å². The lowest BCUT2D eigenvalue weighted by molar-refractivity contribution is 0.0225. The number of rotatable bonds is 0. The van der Waals surface area contributed by atoms with Crippen LogP contribution in [0.15, 0.2) is 0 Å². The molecule has 0 aromatic rings. The van der Waals surface area contributed by atoms with E-state index in [1.165, 1.54) is 0 Å². The van der Waals surface area contributed by atoms with Gasteiger partial charge in [-0.2, -0.15) is 0 Å². The molecule has 9 heavy (non-hydrogen) atoms. The van der Waals surface area contributed by atoms with Gasteiger partial charge in [-0.25, -0.2) is 10.0 Å². The fourth-order valence-corrected chi connectivity index (χ4v) is 0.749. The van der Waals surface area contributed by atoms with Gasteiger partial charge in [-0.3, -0.25) is 17.0 Å². The predicted octanol–water partition coefficient (Wildman–Crippen LogP) is -1.80. The summed E-state index contributed by atoms with van der Waals surface area (Å²) in [5.41, 5.74) is 0. The summed E-state index contributed by atoms with van der Waals surface area (Å²) in [6.45, 7) is 3.32. The van der Waals surface area contributed by atoms with Crippen LogP contribution >= 0.6 is 0 Å². The minimum Gasteiger partial charge on any atom is -0.287 e. The molecule has 0 aliphatic carbocycles. The van der Waals surface area contributed by atoms with E-state index in [1.54, 1.807) is 10.0 Å². The molecular formula is C4H13N5. The number of hydrogen-bond acceptors (Lipinski definition) is 5. The van der Waals surface area contributed by atoms with Crippen molar-refractivity contribution in [2.24, 2.45) is 11.7 Å². The first-order valence-corrected chi connectivity index (χ1v) is 2.94. The van der Waals surface area contributed by atoms with Gasteiger partial charge in [0.25, 0.3) is 0 Å². The second-order valence-electron chi connectivity index (χ2n) is 2.28. The molecule has 0 aromatic carbocycles. The zero-order valence-corrected chi connectivity index (χ0v) is 5.54. The minimum absolute atomic E-state index is 0.227. The fourth-order valence-electron chi connectivity index (χ4n) is 0.749. The second kappa shape index (κ2) is 2.59. The number of hydrogen-bond donors (Lipinski definition) is 3. The molecule has 0 spiro atoms. The Kier molecular flexibility index (Phi) is 1.99. The normalized spacial score (nSPS) is 33.0. The van der Waals surface area contributed by atoms with Crippen molar-refractivity contribution >= 4 is 0 Å². The van der Waals surface area contributed by atoms with Crippen LogP contribution < -0.4 is 17.0 Å². The van der Waals surface area contributed by atoms with Crippen molar-refractivity contribution in [3.05, 3.63) is 0 Å². The van der Waals surface area contributed by atoms with E-state index in [9.17, 15) is 0 Å². The van der Waals surface area contributed by atoms with Crippen LogP contribution in [0.3, 0.4) is 0 Å². The van der Waals surface area contributed by atoms with Crippen molar-refractivity contribution in [3.63, 3.8) is 0 Å². The molecule has 0 bridgehead atoms. The highest BCUT2D eigenvalue weighted by Gasteiger charge is 2.16. The van der Waals surface area contributed by atoms with Crippen LogP contribution in [0.5, 0.6) is 0 Å². The topological polar surface area (TPSA) is 70.5 Å². The lowest BCUT2D eigenvalue weighted by Gasteiger charge is -2.35. The van der Waals surface area contributed by atoms with Crippen LogP contribution in [0.2, 0.25) is 0 Å². The molecule has 1 heterocycles. The second-order valence-corrected chi connectivity index (χ2v) is 2.28. The van der Waals surface area contributed by atoms with Crippen molar-refractivity contribution in [2.75, 3.05) is 13.3 Å². The third-order valence-corrected chi connectivity index (χ3v) is 1.43. The smallest absolute Gasteiger partial charge is 0.0809 e. The van der Waals surface area contributed by atoms with Gasteiger partial charge in [0.05, 0.1) is 19.5 Å². The molecule has 5 N–H and O–H groups in total. The fraction of sp³-hybridized carbons (Fsp3) is 1.00. The van der Waals surface area contributed by atoms with Crippen molar-refractivity contribution in [2.45, 2.75) is 13.1 Å². The van der Waals surface area contributed by atoms with Crippen molar-refractivity contribution in [1.82, 2.24) is 15.3 Å². The highest BCUT2D eigenvalue weighted by molar-refractivity contribution is 4.62. The first-order valence-electron chi connectivity index (χ1n) is 2.94. The zero-order chi connectivity index (χ0) is 6.85. The summed E-state index contributed by atoms with van der Waals surface area (Å²) in [6.07, 6.45) is 0.227. The first-order chi connectivity index (χ1) is 4.20. The summed E-state index contributed by atoms with van der Waals surface area (Å²) in [5, 5.41) is 6.34. The van der Waals surface area contributed by atoms with E-state index < -0.39 is 0 Å². The van der Waals surface area contributed by atoms with E-state index in [4.69, 9.17) is 11.7 Å². The molecule has 1 atom stereocenters. The molecular weight excluding hydrogens is 118 g/mol. The Morgan fingerprint density at radius 3 is 2.67 bits per heavy atom. The molecule has 0 saturated carbocycles. The Morgan fingerprint density at radius 2 is 2.22 bits per heavy atom. The monoisotopic (exact) mass is 131 g/mol. The predicted molar refractivity (Wildman–Crippen MR) is 34.4 cm³/mol. The minimum atomic E-state index is 0.227. The van der Waals surface area contributed by atoms with Gasteiger partial charge in [0.15, 0.2) is 0 Å². The lowest BCUT2D eigenvalue weighted by atomic mass is 10.5. The molecule has 1 fully saturated rings. The Hall–Kier alpha value is -0.200. The highest BCUT2D eigenvalue weighted by atomic mass is 15.6. The summed E-state index contributed by atoms with van der Waals surface area (Å²) in [6, 6.07) is 0. The van der Waals surface area contributed by atoms with Gasteiger partial charge in [-0.1, -0.05) is 0 Å². The summed E-state index contributed by atoms with van der Waals surface area (Å²) in [7, 11) is 0. The van der Waals surface area contributed by atoms with Gasteiger partial charge in [0.1, 0.15) is 0 Å². The SMILES string of the molecule is CC1NCN(N)CN1N. The van der Waals surface area contributed by atoms with Crippen LogP contribution in [0.25, 0.3) is 0 Å². The summed E-state index contributed by atoms with van der Waals surface area (Å²) in [4.78, 5) is 0. The molecule has 1 aliphatic rings. The van der Waals surface area contributed by atoms with Gasteiger partial charge in [-0.05, 0) is 6.92 Å². The van der Waals surface area contributed by atoms with Crippen LogP contribution in [-0.2, 0) is 0 Å².